The van der Waals surface area contributed by atoms with E-state index in [-0.39, 0.29) is 0 Å². The van der Waals surface area contributed by atoms with Crippen LogP contribution in [0.3, 0.4) is 0 Å². The molecule has 3 aromatic rings. The van der Waals surface area contributed by atoms with Gasteiger partial charge in [0.1, 0.15) is 11.2 Å². The molecule has 104 valence electrons. The van der Waals surface area contributed by atoms with E-state index in [1.165, 1.54) is 0 Å². The number of rotatable bonds is 2. The molecule has 0 amide bonds. The summed E-state index contributed by atoms with van der Waals surface area (Å²) >= 11 is 0. The molecule has 2 aromatic carbocycles. The molecule has 0 unspecified atom stereocenters. The fraction of sp³-hybridized carbons (Fsp3) is 0.111. The number of hydrazine groups is 1. The van der Waals surface area contributed by atoms with Crippen LogP contribution in [0.4, 0.5) is 5.69 Å². The molecule has 2 N–H and O–H groups in total. The molecule has 1 heterocycles. The van der Waals surface area contributed by atoms with Gasteiger partial charge >= 0.3 is 0 Å². The summed E-state index contributed by atoms with van der Waals surface area (Å²) in [6, 6.07) is 14.1. The predicted octanol–water partition coefficient (Wildman–Crippen LogP) is 4.50. The van der Waals surface area contributed by atoms with Crippen LogP contribution in [0.5, 0.6) is 0 Å². The summed E-state index contributed by atoms with van der Waals surface area (Å²) in [5.74, 6) is 6.38. The molecule has 1 aromatic heterocycles. The van der Waals surface area contributed by atoms with E-state index in [4.69, 9.17) is 10.3 Å². The standard InChI is InChI=1S/C18H16N2O/c19-20(13-7-2-1-3-8-13)15-10-6-12-17-18(15)14-9-4-5-11-16(14)21-17/h1-2,4-7,9-12H,3,8,19H2. The lowest BCUT2D eigenvalue weighted by Gasteiger charge is -2.23. The first-order valence-corrected chi connectivity index (χ1v) is 7.15. The van der Waals surface area contributed by atoms with Crippen molar-refractivity contribution in [3.05, 3.63) is 66.4 Å². The van der Waals surface area contributed by atoms with Gasteiger partial charge in [-0.25, -0.2) is 5.84 Å². The quantitative estimate of drug-likeness (QED) is 0.553. The lowest BCUT2D eigenvalue weighted by Crippen LogP contribution is -2.30. The molecule has 21 heavy (non-hydrogen) atoms. The van der Waals surface area contributed by atoms with Crippen LogP contribution in [0, 0.1) is 0 Å². The molecule has 0 saturated carbocycles. The van der Waals surface area contributed by atoms with Crippen molar-refractivity contribution in [2.75, 3.05) is 5.01 Å². The van der Waals surface area contributed by atoms with Crippen molar-refractivity contribution in [2.45, 2.75) is 12.8 Å². The molecule has 0 radical (unpaired) electrons. The third-order valence-electron chi connectivity index (χ3n) is 3.94. The first kappa shape index (κ1) is 12.2. The van der Waals surface area contributed by atoms with Crippen LogP contribution >= 0.6 is 0 Å². The van der Waals surface area contributed by atoms with E-state index in [0.29, 0.717) is 0 Å². The molecule has 0 fully saturated rings. The van der Waals surface area contributed by atoms with Gasteiger partial charge < -0.3 is 4.42 Å². The van der Waals surface area contributed by atoms with Crippen LogP contribution in [0.25, 0.3) is 21.9 Å². The molecule has 1 aliphatic rings. The van der Waals surface area contributed by atoms with Gasteiger partial charge in [0, 0.05) is 11.1 Å². The molecular formula is C18H16N2O. The van der Waals surface area contributed by atoms with Gasteiger partial charge in [-0.15, -0.1) is 0 Å². The summed E-state index contributed by atoms with van der Waals surface area (Å²) in [6.45, 7) is 0. The van der Waals surface area contributed by atoms with Crippen molar-refractivity contribution in [3.8, 4) is 0 Å². The van der Waals surface area contributed by atoms with Gasteiger partial charge in [-0.2, -0.15) is 0 Å². The number of nitrogens with zero attached hydrogens (tertiary/aromatic N) is 1. The largest absolute Gasteiger partial charge is 0.456 e. The lowest BCUT2D eigenvalue weighted by atomic mass is 10.1. The van der Waals surface area contributed by atoms with Crippen molar-refractivity contribution in [3.63, 3.8) is 0 Å². The van der Waals surface area contributed by atoms with Crippen LogP contribution in [0.2, 0.25) is 0 Å². The molecule has 0 atom stereocenters. The Morgan fingerprint density at radius 1 is 1.00 bits per heavy atom. The second-order valence-electron chi connectivity index (χ2n) is 5.24. The van der Waals surface area contributed by atoms with E-state index < -0.39 is 0 Å². The summed E-state index contributed by atoms with van der Waals surface area (Å²) in [5, 5.41) is 3.96. The number of allylic oxidation sites excluding steroid dienone is 4. The zero-order chi connectivity index (χ0) is 14.2. The molecule has 4 rings (SSSR count). The third kappa shape index (κ3) is 1.94. The van der Waals surface area contributed by atoms with Gasteiger partial charge in [-0.05, 0) is 37.1 Å². The molecular weight excluding hydrogens is 260 g/mol. The lowest BCUT2D eigenvalue weighted by molar-refractivity contribution is 0.669. The second-order valence-corrected chi connectivity index (χ2v) is 5.24. The van der Waals surface area contributed by atoms with Crippen LogP contribution in [0.15, 0.2) is 70.8 Å². The first-order chi connectivity index (χ1) is 10.3. The summed E-state index contributed by atoms with van der Waals surface area (Å²) in [6.07, 6.45) is 8.28. The van der Waals surface area contributed by atoms with E-state index in [9.17, 15) is 0 Å². The summed E-state index contributed by atoms with van der Waals surface area (Å²) < 4.78 is 5.91. The van der Waals surface area contributed by atoms with Crippen molar-refractivity contribution in [2.24, 2.45) is 5.84 Å². The van der Waals surface area contributed by atoms with Gasteiger partial charge in [0.05, 0.1) is 11.1 Å². The van der Waals surface area contributed by atoms with Crippen molar-refractivity contribution in [1.29, 1.82) is 0 Å². The van der Waals surface area contributed by atoms with Gasteiger partial charge in [0.25, 0.3) is 0 Å². The summed E-state index contributed by atoms with van der Waals surface area (Å²) in [7, 11) is 0. The predicted molar refractivity (Wildman–Crippen MR) is 86.8 cm³/mol. The number of furan rings is 1. The Hall–Kier alpha value is -2.52. The average Bonchev–Trinajstić information content (AvgIpc) is 2.93. The third-order valence-corrected chi connectivity index (χ3v) is 3.94. The van der Waals surface area contributed by atoms with Crippen molar-refractivity contribution < 1.29 is 4.42 Å². The number of benzene rings is 2. The molecule has 3 nitrogen and oxygen atoms in total. The maximum atomic E-state index is 6.38. The Bertz CT molecular complexity index is 873. The molecule has 0 bridgehead atoms. The fourth-order valence-electron chi connectivity index (χ4n) is 2.90. The topological polar surface area (TPSA) is 42.4 Å². The van der Waals surface area contributed by atoms with Crippen molar-refractivity contribution >= 4 is 27.6 Å². The van der Waals surface area contributed by atoms with Crippen LogP contribution in [0.1, 0.15) is 12.8 Å². The zero-order valence-electron chi connectivity index (χ0n) is 11.6. The van der Waals surface area contributed by atoms with E-state index in [2.05, 4.69) is 24.3 Å². The maximum absolute atomic E-state index is 6.38. The average molecular weight is 276 g/mol. The number of para-hydroxylation sites is 1. The Kier molecular flexibility index (Phi) is 2.79. The van der Waals surface area contributed by atoms with Gasteiger partial charge in [0.2, 0.25) is 0 Å². The highest BCUT2D eigenvalue weighted by molar-refractivity contribution is 6.11. The number of hydrogen-bond acceptors (Lipinski definition) is 3. The minimum atomic E-state index is 0.871. The molecule has 1 aliphatic carbocycles. The minimum Gasteiger partial charge on any atom is -0.456 e. The molecule has 0 aliphatic heterocycles. The normalized spacial score (nSPS) is 14.6. The smallest absolute Gasteiger partial charge is 0.137 e. The van der Waals surface area contributed by atoms with Crippen LogP contribution in [-0.4, -0.2) is 0 Å². The number of fused-ring (bicyclic) bond motifs is 3. The number of nitrogens with two attached hydrogens (primary N) is 1. The summed E-state index contributed by atoms with van der Waals surface area (Å²) in [4.78, 5) is 0. The minimum absolute atomic E-state index is 0.871. The Labute approximate surface area is 122 Å². The van der Waals surface area contributed by atoms with Crippen LogP contribution in [-0.2, 0) is 0 Å². The van der Waals surface area contributed by atoms with Gasteiger partial charge in [-0.1, -0.05) is 36.4 Å². The van der Waals surface area contributed by atoms with E-state index in [1.54, 1.807) is 5.01 Å². The highest BCUT2D eigenvalue weighted by Gasteiger charge is 2.16. The van der Waals surface area contributed by atoms with E-state index in [0.717, 1.165) is 46.2 Å². The second kappa shape index (κ2) is 4.79. The van der Waals surface area contributed by atoms with Gasteiger partial charge in [0.15, 0.2) is 0 Å². The Morgan fingerprint density at radius 3 is 2.71 bits per heavy atom. The summed E-state index contributed by atoms with van der Waals surface area (Å²) in [5.41, 5.74) is 3.87. The number of anilines is 1. The van der Waals surface area contributed by atoms with Crippen LogP contribution < -0.4 is 10.9 Å². The van der Waals surface area contributed by atoms with Gasteiger partial charge in [-0.3, -0.25) is 5.01 Å². The number of hydrogen-bond donors (Lipinski definition) is 1. The van der Waals surface area contributed by atoms with E-state index >= 15 is 0 Å². The fourth-order valence-corrected chi connectivity index (χ4v) is 2.90. The molecule has 3 heteroatoms. The van der Waals surface area contributed by atoms with Crippen molar-refractivity contribution in [1.82, 2.24) is 0 Å². The monoisotopic (exact) mass is 276 g/mol. The maximum Gasteiger partial charge on any atom is 0.137 e. The van der Waals surface area contributed by atoms with E-state index in [1.807, 2.05) is 36.4 Å². The molecule has 0 saturated heterocycles. The Balaban J connectivity index is 1.96. The SMILES string of the molecule is NN(C1=CC=CCC1)c1cccc2oc3ccccc3c12. The first-order valence-electron chi connectivity index (χ1n) is 7.15. The zero-order valence-corrected chi connectivity index (χ0v) is 11.6. The molecule has 0 spiro atoms. The highest BCUT2D eigenvalue weighted by atomic mass is 16.3. The Morgan fingerprint density at radius 2 is 1.86 bits per heavy atom. The highest BCUT2D eigenvalue weighted by Crippen LogP contribution is 2.36.